The molecule has 0 saturated heterocycles. The maximum atomic E-state index is 2.42. The van der Waals surface area contributed by atoms with Gasteiger partial charge in [0.15, 0.2) is 0 Å². The van der Waals surface area contributed by atoms with Crippen LogP contribution in [-0.2, 0) is 0 Å². The Morgan fingerprint density at radius 3 is 2.25 bits per heavy atom. The summed E-state index contributed by atoms with van der Waals surface area (Å²) in [5, 5.41) is 0. The van der Waals surface area contributed by atoms with Gasteiger partial charge < -0.3 is 0 Å². The van der Waals surface area contributed by atoms with Gasteiger partial charge in [0.1, 0.15) is 0 Å². The Kier molecular flexibility index (Phi) is 3.61. The second kappa shape index (κ2) is 4.30. The Labute approximate surface area is 77.7 Å². The summed E-state index contributed by atoms with van der Waals surface area (Å²) in [6, 6.07) is 0. The molecule has 0 heteroatoms. The minimum atomic E-state index is 0.655. The van der Waals surface area contributed by atoms with Gasteiger partial charge in [0.2, 0.25) is 0 Å². The molecule has 0 bridgehead atoms. The molecule has 72 valence electrons. The molecule has 0 atom stereocenters. The van der Waals surface area contributed by atoms with E-state index in [9.17, 15) is 0 Å². The summed E-state index contributed by atoms with van der Waals surface area (Å²) in [4.78, 5) is 0. The van der Waals surface area contributed by atoms with Crippen LogP contribution >= 0.6 is 0 Å². The zero-order chi connectivity index (χ0) is 9.03. The maximum Gasteiger partial charge on any atom is -0.0354 e. The summed E-state index contributed by atoms with van der Waals surface area (Å²) in [6.45, 7) is 7.14. The van der Waals surface area contributed by atoms with Crippen LogP contribution in [0.2, 0.25) is 0 Å². The van der Waals surface area contributed by atoms with E-state index >= 15 is 0 Å². The molecule has 0 radical (unpaired) electrons. The molecule has 0 spiro atoms. The van der Waals surface area contributed by atoms with Crippen molar-refractivity contribution in [2.75, 3.05) is 0 Å². The second-order valence-electron chi connectivity index (χ2n) is 5.25. The van der Waals surface area contributed by atoms with Gasteiger partial charge in [0.05, 0.1) is 0 Å². The maximum absolute atomic E-state index is 2.42. The van der Waals surface area contributed by atoms with Gasteiger partial charge in [-0.05, 0) is 37.0 Å². The van der Waals surface area contributed by atoms with Gasteiger partial charge in [-0.25, -0.2) is 0 Å². The zero-order valence-corrected chi connectivity index (χ0v) is 9.03. The SMILES string of the molecule is CCCCC1CCC(C)(C)CC1. The van der Waals surface area contributed by atoms with Crippen LogP contribution in [0.5, 0.6) is 0 Å². The molecule has 1 aliphatic carbocycles. The van der Waals surface area contributed by atoms with E-state index in [2.05, 4.69) is 20.8 Å². The fourth-order valence-corrected chi connectivity index (χ4v) is 2.24. The fourth-order valence-electron chi connectivity index (χ4n) is 2.24. The standard InChI is InChI=1S/C12H24/c1-4-5-6-11-7-9-12(2,3)10-8-11/h11H,4-10H2,1-3H3. The van der Waals surface area contributed by atoms with Crippen molar-refractivity contribution in [2.45, 2.75) is 65.7 Å². The van der Waals surface area contributed by atoms with E-state index in [1.54, 1.807) is 0 Å². The first-order valence-electron chi connectivity index (χ1n) is 5.64. The molecule has 1 rings (SSSR count). The first-order chi connectivity index (χ1) is 5.64. The van der Waals surface area contributed by atoms with Crippen molar-refractivity contribution in [3.05, 3.63) is 0 Å². The molecule has 0 aromatic rings. The van der Waals surface area contributed by atoms with Crippen LogP contribution in [0.1, 0.15) is 65.7 Å². The van der Waals surface area contributed by atoms with Crippen molar-refractivity contribution >= 4 is 0 Å². The van der Waals surface area contributed by atoms with Crippen LogP contribution in [0, 0.1) is 11.3 Å². The first kappa shape index (κ1) is 10.1. The Morgan fingerprint density at radius 1 is 1.17 bits per heavy atom. The van der Waals surface area contributed by atoms with E-state index in [-0.39, 0.29) is 0 Å². The lowest BCUT2D eigenvalue weighted by Gasteiger charge is -2.34. The minimum absolute atomic E-state index is 0.655. The molecule has 0 unspecified atom stereocenters. The summed E-state index contributed by atoms with van der Waals surface area (Å²) in [5.41, 5.74) is 0.655. The van der Waals surface area contributed by atoms with E-state index in [0.717, 1.165) is 5.92 Å². The van der Waals surface area contributed by atoms with Gasteiger partial charge in [-0.2, -0.15) is 0 Å². The predicted octanol–water partition coefficient (Wildman–Crippen LogP) is 4.39. The predicted molar refractivity (Wildman–Crippen MR) is 55.3 cm³/mol. The molecular weight excluding hydrogens is 144 g/mol. The van der Waals surface area contributed by atoms with Crippen LogP contribution in [0.15, 0.2) is 0 Å². The molecule has 12 heavy (non-hydrogen) atoms. The van der Waals surface area contributed by atoms with E-state index in [4.69, 9.17) is 0 Å². The third-order valence-corrected chi connectivity index (χ3v) is 3.42. The van der Waals surface area contributed by atoms with Gasteiger partial charge >= 0.3 is 0 Å². The Bertz CT molecular complexity index is 114. The van der Waals surface area contributed by atoms with E-state index < -0.39 is 0 Å². The largest absolute Gasteiger partial charge is 0.0654 e. The highest BCUT2D eigenvalue weighted by Gasteiger charge is 2.25. The molecule has 1 saturated carbocycles. The molecule has 0 aromatic heterocycles. The summed E-state index contributed by atoms with van der Waals surface area (Å²) < 4.78 is 0. The molecule has 1 aliphatic rings. The summed E-state index contributed by atoms with van der Waals surface area (Å²) >= 11 is 0. The number of hydrogen-bond acceptors (Lipinski definition) is 0. The van der Waals surface area contributed by atoms with E-state index in [1.165, 1.54) is 44.9 Å². The number of hydrogen-bond donors (Lipinski definition) is 0. The molecule has 1 fully saturated rings. The summed E-state index contributed by atoms with van der Waals surface area (Å²) in [5.74, 6) is 1.07. The molecule has 0 nitrogen and oxygen atoms in total. The van der Waals surface area contributed by atoms with Crippen molar-refractivity contribution in [1.82, 2.24) is 0 Å². The van der Waals surface area contributed by atoms with Gasteiger partial charge in [-0.3, -0.25) is 0 Å². The highest BCUT2D eigenvalue weighted by atomic mass is 14.3. The van der Waals surface area contributed by atoms with Crippen LogP contribution in [-0.4, -0.2) is 0 Å². The molecular formula is C12H24. The van der Waals surface area contributed by atoms with Gasteiger partial charge in [-0.15, -0.1) is 0 Å². The average Bonchev–Trinajstić information content (AvgIpc) is 2.03. The highest BCUT2D eigenvalue weighted by Crippen LogP contribution is 2.39. The lowest BCUT2D eigenvalue weighted by Crippen LogP contribution is -2.21. The quantitative estimate of drug-likeness (QED) is 0.586. The average molecular weight is 168 g/mol. The van der Waals surface area contributed by atoms with Crippen LogP contribution < -0.4 is 0 Å². The Hall–Kier alpha value is 0. The number of rotatable bonds is 3. The van der Waals surface area contributed by atoms with E-state index in [0.29, 0.717) is 5.41 Å². The highest BCUT2D eigenvalue weighted by molar-refractivity contribution is 4.78. The molecule has 0 N–H and O–H groups in total. The molecule has 0 amide bonds. The number of unbranched alkanes of at least 4 members (excludes halogenated alkanes) is 1. The van der Waals surface area contributed by atoms with Crippen molar-refractivity contribution in [3.63, 3.8) is 0 Å². The van der Waals surface area contributed by atoms with Gasteiger partial charge in [0, 0.05) is 0 Å². The molecule has 0 aliphatic heterocycles. The monoisotopic (exact) mass is 168 g/mol. The third kappa shape index (κ3) is 3.16. The first-order valence-corrected chi connectivity index (χ1v) is 5.64. The second-order valence-corrected chi connectivity index (χ2v) is 5.25. The van der Waals surface area contributed by atoms with Gasteiger partial charge in [0.25, 0.3) is 0 Å². The topological polar surface area (TPSA) is 0 Å². The van der Waals surface area contributed by atoms with Crippen LogP contribution in [0.4, 0.5) is 0 Å². The minimum Gasteiger partial charge on any atom is -0.0654 e. The zero-order valence-electron chi connectivity index (χ0n) is 9.03. The molecule has 0 heterocycles. The van der Waals surface area contributed by atoms with Crippen LogP contribution in [0.3, 0.4) is 0 Å². The fraction of sp³-hybridized carbons (Fsp3) is 1.00. The summed E-state index contributed by atoms with van der Waals surface area (Å²) in [7, 11) is 0. The Balaban J connectivity index is 2.18. The normalized spacial score (nSPS) is 24.2. The van der Waals surface area contributed by atoms with Crippen LogP contribution in [0.25, 0.3) is 0 Å². The summed E-state index contributed by atoms with van der Waals surface area (Å²) in [6.07, 6.45) is 10.2. The van der Waals surface area contributed by atoms with Crippen molar-refractivity contribution in [2.24, 2.45) is 11.3 Å². The lowest BCUT2D eigenvalue weighted by molar-refractivity contribution is 0.183. The Morgan fingerprint density at radius 2 is 1.75 bits per heavy atom. The van der Waals surface area contributed by atoms with Crippen molar-refractivity contribution in [1.29, 1.82) is 0 Å². The molecule has 0 aromatic carbocycles. The lowest BCUT2D eigenvalue weighted by atomic mass is 9.72. The van der Waals surface area contributed by atoms with Crippen molar-refractivity contribution < 1.29 is 0 Å². The van der Waals surface area contributed by atoms with Gasteiger partial charge in [-0.1, -0.05) is 40.0 Å². The van der Waals surface area contributed by atoms with Crippen molar-refractivity contribution in [3.8, 4) is 0 Å². The third-order valence-electron chi connectivity index (χ3n) is 3.42. The van der Waals surface area contributed by atoms with E-state index in [1.807, 2.05) is 0 Å². The smallest absolute Gasteiger partial charge is 0.0354 e.